The average Bonchev–Trinajstić information content (AvgIpc) is 2.70. The van der Waals surface area contributed by atoms with E-state index in [4.69, 9.17) is 4.74 Å². The number of aromatic nitrogens is 2. The quantitative estimate of drug-likeness (QED) is 0.271. The number of carbonyl (C=O) groups is 1. The number of amides is 1. The van der Waals surface area contributed by atoms with Crippen molar-refractivity contribution >= 4 is 49.9 Å². The second kappa shape index (κ2) is 9.29. The number of hydrogen-bond acceptors (Lipinski definition) is 5. The first-order valence-corrected chi connectivity index (χ1v) is 9.49. The molecule has 0 aliphatic rings. The van der Waals surface area contributed by atoms with Crippen molar-refractivity contribution in [3.8, 4) is 5.75 Å². The molecule has 0 unspecified atom stereocenters. The molecule has 0 bridgehead atoms. The number of carbonyl (C=O) groups excluding carboxylic acids is 1. The summed E-state index contributed by atoms with van der Waals surface area (Å²) < 4.78 is 20.6. The van der Waals surface area contributed by atoms with Gasteiger partial charge in [-0.3, -0.25) is 4.79 Å². The molecule has 0 saturated heterocycles. The minimum Gasteiger partial charge on any atom is -0.491 e. The lowest BCUT2D eigenvalue weighted by molar-refractivity contribution is -0.111. The number of halogens is 2. The molecule has 0 aliphatic heterocycles. The largest absolute Gasteiger partial charge is 0.491 e. The molecule has 2 aromatic carbocycles. The van der Waals surface area contributed by atoms with Crippen LogP contribution in [0.3, 0.4) is 0 Å². The van der Waals surface area contributed by atoms with Crippen molar-refractivity contribution in [2.45, 2.75) is 6.42 Å². The lowest BCUT2D eigenvalue weighted by Crippen LogP contribution is -2.10. The monoisotopic (exact) mass is 456 g/mol. The van der Waals surface area contributed by atoms with Gasteiger partial charge in [0.25, 0.3) is 0 Å². The van der Waals surface area contributed by atoms with Crippen molar-refractivity contribution in [1.82, 2.24) is 9.97 Å². The topological polar surface area (TPSA) is 76.1 Å². The molecule has 0 saturated carbocycles. The highest BCUT2D eigenvalue weighted by Gasteiger charge is 2.14. The minimum atomic E-state index is -0.435. The summed E-state index contributed by atoms with van der Waals surface area (Å²) in [5, 5.41) is 6.28. The lowest BCUT2D eigenvalue weighted by Gasteiger charge is -2.15. The predicted octanol–water partition coefficient (Wildman–Crippen LogP) is 5.35. The summed E-state index contributed by atoms with van der Waals surface area (Å²) in [6, 6.07) is 8.05. The van der Waals surface area contributed by atoms with Gasteiger partial charge in [0.05, 0.1) is 23.5 Å². The highest BCUT2D eigenvalue weighted by molar-refractivity contribution is 9.10. The molecule has 0 fully saturated rings. The van der Waals surface area contributed by atoms with E-state index in [9.17, 15) is 9.18 Å². The fraction of sp³-hybridized carbons (Fsp3) is 0.0952. The van der Waals surface area contributed by atoms with Crippen molar-refractivity contribution in [2.75, 3.05) is 17.2 Å². The molecule has 6 nitrogen and oxygen atoms in total. The van der Waals surface area contributed by atoms with Crippen LogP contribution in [0, 0.1) is 5.82 Å². The maximum absolute atomic E-state index is 14.2. The summed E-state index contributed by atoms with van der Waals surface area (Å²) >= 11 is 3.23. The van der Waals surface area contributed by atoms with Gasteiger partial charge in [0.2, 0.25) is 5.91 Å². The number of rotatable bonds is 8. The molecule has 1 heterocycles. The second-order valence-corrected chi connectivity index (χ2v) is 6.87. The molecule has 1 aromatic heterocycles. The number of nitrogens with one attached hydrogen (secondary N) is 2. The Hall–Kier alpha value is -3.26. The van der Waals surface area contributed by atoms with E-state index in [1.165, 1.54) is 12.4 Å². The number of benzene rings is 2. The zero-order valence-corrected chi connectivity index (χ0v) is 17.0. The first kappa shape index (κ1) is 20.5. The van der Waals surface area contributed by atoms with Gasteiger partial charge in [0.1, 0.15) is 23.7 Å². The Morgan fingerprint density at radius 3 is 2.76 bits per heavy atom. The van der Waals surface area contributed by atoms with Gasteiger partial charge in [-0.05, 0) is 36.8 Å². The van der Waals surface area contributed by atoms with E-state index < -0.39 is 5.82 Å². The third-order valence-corrected chi connectivity index (χ3v) is 4.44. The van der Waals surface area contributed by atoms with Crippen LogP contribution in [0.15, 0.2) is 66.4 Å². The van der Waals surface area contributed by atoms with Crippen LogP contribution in [0.2, 0.25) is 0 Å². The number of ether oxygens (including phenoxy) is 1. The van der Waals surface area contributed by atoms with Crippen LogP contribution in [0.25, 0.3) is 10.9 Å². The van der Waals surface area contributed by atoms with Gasteiger partial charge >= 0.3 is 0 Å². The van der Waals surface area contributed by atoms with Crippen molar-refractivity contribution in [2.24, 2.45) is 0 Å². The summed E-state index contributed by atoms with van der Waals surface area (Å²) in [4.78, 5) is 20.3. The van der Waals surface area contributed by atoms with Crippen LogP contribution in [0.1, 0.15) is 6.42 Å². The van der Waals surface area contributed by atoms with E-state index in [1.54, 1.807) is 30.3 Å². The SMILES string of the molecule is C=CCCOc1cc2ncnc(Nc3ccc(Br)cc3F)c2cc1NC(=O)C=C. The molecule has 29 heavy (non-hydrogen) atoms. The maximum atomic E-state index is 14.2. The van der Waals surface area contributed by atoms with Gasteiger partial charge in [-0.15, -0.1) is 6.58 Å². The molecule has 3 aromatic rings. The summed E-state index contributed by atoms with van der Waals surface area (Å²) in [7, 11) is 0. The Balaban J connectivity index is 2.05. The van der Waals surface area contributed by atoms with Crippen LogP contribution in [0.5, 0.6) is 5.75 Å². The van der Waals surface area contributed by atoms with Crippen LogP contribution >= 0.6 is 15.9 Å². The first-order chi connectivity index (χ1) is 14.0. The normalized spacial score (nSPS) is 10.4. The van der Waals surface area contributed by atoms with E-state index in [-0.39, 0.29) is 11.6 Å². The van der Waals surface area contributed by atoms with E-state index >= 15 is 0 Å². The Morgan fingerprint density at radius 1 is 1.21 bits per heavy atom. The molecule has 8 heteroatoms. The maximum Gasteiger partial charge on any atom is 0.247 e. The third kappa shape index (κ3) is 4.97. The van der Waals surface area contributed by atoms with E-state index in [0.717, 1.165) is 6.08 Å². The van der Waals surface area contributed by atoms with Gasteiger partial charge in [-0.25, -0.2) is 14.4 Å². The molecule has 0 spiro atoms. The molecular weight excluding hydrogens is 439 g/mol. The number of nitrogens with zero attached hydrogens (tertiary/aromatic N) is 2. The summed E-state index contributed by atoms with van der Waals surface area (Å²) in [5.74, 6) is 0.0240. The predicted molar refractivity (Wildman–Crippen MR) is 116 cm³/mol. The molecule has 0 radical (unpaired) electrons. The number of anilines is 3. The van der Waals surface area contributed by atoms with Crippen LogP contribution in [-0.4, -0.2) is 22.5 Å². The van der Waals surface area contributed by atoms with Gasteiger partial charge in [-0.1, -0.05) is 28.6 Å². The van der Waals surface area contributed by atoms with Gasteiger partial charge in [0, 0.05) is 15.9 Å². The lowest BCUT2D eigenvalue weighted by atomic mass is 10.1. The van der Waals surface area contributed by atoms with Crippen molar-refractivity contribution in [3.63, 3.8) is 0 Å². The minimum absolute atomic E-state index is 0.260. The Morgan fingerprint density at radius 2 is 2.03 bits per heavy atom. The molecule has 0 aliphatic carbocycles. The van der Waals surface area contributed by atoms with Crippen molar-refractivity contribution < 1.29 is 13.9 Å². The number of hydrogen-bond donors (Lipinski definition) is 2. The van der Waals surface area contributed by atoms with Crippen LogP contribution in [0.4, 0.5) is 21.6 Å². The van der Waals surface area contributed by atoms with Crippen molar-refractivity contribution in [1.29, 1.82) is 0 Å². The standard InChI is InChI=1S/C21H18BrFN4O2/c1-3-5-8-29-19-11-17-14(10-18(19)26-20(28)4-2)21(25-12-24-17)27-16-7-6-13(22)9-15(16)23/h3-4,6-7,9-12H,1-2,5,8H2,(H,26,28)(H,24,25,27). The molecular formula is C21H18BrFN4O2. The summed E-state index contributed by atoms with van der Waals surface area (Å²) in [5.41, 5.74) is 1.27. The molecule has 0 atom stereocenters. The summed E-state index contributed by atoms with van der Waals surface area (Å²) in [6.45, 7) is 7.53. The fourth-order valence-electron chi connectivity index (χ4n) is 2.56. The van der Waals surface area contributed by atoms with E-state index in [0.29, 0.717) is 45.7 Å². The molecule has 3 rings (SSSR count). The van der Waals surface area contributed by atoms with Gasteiger partial charge in [-0.2, -0.15) is 0 Å². The number of fused-ring (bicyclic) bond motifs is 1. The Labute approximate surface area is 175 Å². The van der Waals surface area contributed by atoms with E-state index in [2.05, 4.69) is 49.7 Å². The molecule has 148 valence electrons. The smallest absolute Gasteiger partial charge is 0.247 e. The van der Waals surface area contributed by atoms with Gasteiger partial charge in [0.15, 0.2) is 0 Å². The highest BCUT2D eigenvalue weighted by Crippen LogP contribution is 2.34. The molecule has 1 amide bonds. The Bertz CT molecular complexity index is 1090. The fourth-order valence-corrected chi connectivity index (χ4v) is 2.89. The highest BCUT2D eigenvalue weighted by atomic mass is 79.9. The zero-order chi connectivity index (χ0) is 20.8. The third-order valence-electron chi connectivity index (χ3n) is 3.94. The zero-order valence-electron chi connectivity index (χ0n) is 15.4. The average molecular weight is 457 g/mol. The second-order valence-electron chi connectivity index (χ2n) is 5.96. The Kier molecular flexibility index (Phi) is 6.56. The van der Waals surface area contributed by atoms with E-state index in [1.807, 2.05) is 0 Å². The molecule has 2 N–H and O–H groups in total. The summed E-state index contributed by atoms with van der Waals surface area (Å²) in [6.07, 6.45) is 4.92. The first-order valence-electron chi connectivity index (χ1n) is 8.69. The van der Waals surface area contributed by atoms with Crippen LogP contribution < -0.4 is 15.4 Å². The van der Waals surface area contributed by atoms with Crippen LogP contribution in [-0.2, 0) is 4.79 Å². The van der Waals surface area contributed by atoms with Gasteiger partial charge < -0.3 is 15.4 Å². The van der Waals surface area contributed by atoms with Crippen molar-refractivity contribution in [3.05, 3.63) is 72.3 Å².